The minimum atomic E-state index is 0.133. The molecule has 0 spiro atoms. The molecule has 2 fully saturated rings. The lowest BCUT2D eigenvalue weighted by Gasteiger charge is -2.26. The van der Waals surface area contributed by atoms with Crippen LogP contribution in [-0.2, 0) is 9.53 Å². The van der Waals surface area contributed by atoms with Crippen LogP contribution in [0.2, 0.25) is 0 Å². The maximum atomic E-state index is 11.9. The number of morpholine rings is 1. The van der Waals surface area contributed by atoms with Crippen LogP contribution in [-0.4, -0.2) is 75.8 Å². The molecular formula is C16H31N5O2. The Morgan fingerprint density at radius 1 is 1.17 bits per heavy atom. The minimum Gasteiger partial charge on any atom is -0.379 e. The second-order valence-corrected chi connectivity index (χ2v) is 6.18. The first-order valence-corrected chi connectivity index (χ1v) is 8.82. The number of nitrogens with one attached hydrogen (secondary N) is 3. The van der Waals surface area contributed by atoms with Gasteiger partial charge in [0, 0.05) is 52.2 Å². The van der Waals surface area contributed by atoms with Gasteiger partial charge in [0.15, 0.2) is 5.96 Å². The van der Waals surface area contributed by atoms with Gasteiger partial charge in [0.1, 0.15) is 0 Å². The van der Waals surface area contributed by atoms with Gasteiger partial charge in [0.05, 0.1) is 13.2 Å². The number of carbonyl (C=O) groups excluding carboxylic acids is 1. The number of nitrogens with zero attached hydrogens (tertiary/aromatic N) is 2. The molecule has 7 nitrogen and oxygen atoms in total. The highest BCUT2D eigenvalue weighted by molar-refractivity contribution is 5.81. The molecule has 0 aromatic heterocycles. The van der Waals surface area contributed by atoms with Crippen LogP contribution in [0.3, 0.4) is 0 Å². The highest BCUT2D eigenvalue weighted by Crippen LogP contribution is 2.17. The average Bonchev–Trinajstić information content (AvgIpc) is 3.07. The van der Waals surface area contributed by atoms with Gasteiger partial charge < -0.3 is 20.7 Å². The van der Waals surface area contributed by atoms with Crippen molar-refractivity contribution in [2.75, 3.05) is 53.0 Å². The third-order valence-corrected chi connectivity index (χ3v) is 4.41. The Kier molecular flexibility index (Phi) is 8.17. The summed E-state index contributed by atoms with van der Waals surface area (Å²) in [5.74, 6) is 0.889. The number of aliphatic imine (C=N–C) groups is 1. The van der Waals surface area contributed by atoms with Crippen LogP contribution in [0.15, 0.2) is 4.99 Å². The van der Waals surface area contributed by atoms with E-state index < -0.39 is 0 Å². The molecule has 0 radical (unpaired) electrons. The molecule has 7 heteroatoms. The first-order valence-electron chi connectivity index (χ1n) is 8.82. The Morgan fingerprint density at radius 2 is 1.87 bits per heavy atom. The van der Waals surface area contributed by atoms with Gasteiger partial charge >= 0.3 is 0 Å². The summed E-state index contributed by atoms with van der Waals surface area (Å²) >= 11 is 0. The van der Waals surface area contributed by atoms with Crippen molar-refractivity contribution >= 4 is 11.9 Å². The second-order valence-electron chi connectivity index (χ2n) is 6.18. The zero-order chi connectivity index (χ0) is 16.3. The molecule has 2 aliphatic rings. The summed E-state index contributed by atoms with van der Waals surface area (Å²) in [6, 6.07) is 0.397. The summed E-state index contributed by atoms with van der Waals surface area (Å²) < 4.78 is 5.34. The molecule has 1 saturated heterocycles. The zero-order valence-corrected chi connectivity index (χ0v) is 14.3. The van der Waals surface area contributed by atoms with Crippen LogP contribution in [0.25, 0.3) is 0 Å². The molecular weight excluding hydrogens is 294 g/mol. The van der Waals surface area contributed by atoms with Gasteiger partial charge in [-0.2, -0.15) is 0 Å². The lowest BCUT2D eigenvalue weighted by molar-refractivity contribution is -0.121. The third-order valence-electron chi connectivity index (χ3n) is 4.41. The minimum absolute atomic E-state index is 0.133. The standard InChI is InChI=1S/C16H31N5O2/c1-17-16(19-8-9-21-10-12-23-13-11-21)18-7-6-15(22)20-14-4-2-3-5-14/h14H,2-13H2,1H3,(H,20,22)(H2,17,18,19). The largest absolute Gasteiger partial charge is 0.379 e. The molecule has 1 amide bonds. The number of hydrogen-bond acceptors (Lipinski definition) is 4. The number of hydrogen-bond donors (Lipinski definition) is 3. The van der Waals surface area contributed by atoms with E-state index >= 15 is 0 Å². The van der Waals surface area contributed by atoms with Crippen LogP contribution < -0.4 is 16.0 Å². The average molecular weight is 325 g/mol. The van der Waals surface area contributed by atoms with Crippen LogP contribution in [0, 0.1) is 0 Å². The van der Waals surface area contributed by atoms with E-state index in [0.29, 0.717) is 19.0 Å². The predicted octanol–water partition coefficient (Wildman–Crippen LogP) is -0.0675. The second kappa shape index (κ2) is 10.4. The lowest BCUT2D eigenvalue weighted by atomic mass is 10.2. The molecule has 0 atom stereocenters. The van der Waals surface area contributed by atoms with Gasteiger partial charge in [-0.15, -0.1) is 0 Å². The molecule has 0 unspecified atom stereocenters. The van der Waals surface area contributed by atoms with Crippen molar-refractivity contribution in [2.24, 2.45) is 4.99 Å². The van der Waals surface area contributed by atoms with Gasteiger partial charge in [-0.25, -0.2) is 0 Å². The number of carbonyl (C=O) groups is 1. The summed E-state index contributed by atoms with van der Waals surface area (Å²) in [7, 11) is 1.75. The van der Waals surface area contributed by atoms with Crippen molar-refractivity contribution in [1.82, 2.24) is 20.9 Å². The summed E-state index contributed by atoms with van der Waals surface area (Å²) in [5, 5.41) is 9.59. The summed E-state index contributed by atoms with van der Waals surface area (Å²) in [6.07, 6.45) is 5.22. The van der Waals surface area contributed by atoms with E-state index in [-0.39, 0.29) is 5.91 Å². The maximum Gasteiger partial charge on any atom is 0.221 e. The first-order chi connectivity index (χ1) is 11.3. The van der Waals surface area contributed by atoms with E-state index in [1.807, 2.05) is 0 Å². The van der Waals surface area contributed by atoms with E-state index in [2.05, 4.69) is 25.8 Å². The van der Waals surface area contributed by atoms with Crippen LogP contribution in [0.5, 0.6) is 0 Å². The van der Waals surface area contributed by atoms with E-state index in [1.165, 1.54) is 12.8 Å². The summed E-state index contributed by atoms with van der Waals surface area (Å²) in [5.41, 5.74) is 0. The van der Waals surface area contributed by atoms with Crippen LogP contribution in [0.4, 0.5) is 0 Å². The van der Waals surface area contributed by atoms with E-state index in [0.717, 1.165) is 58.2 Å². The first kappa shape index (κ1) is 18.0. The number of ether oxygens (including phenoxy) is 1. The van der Waals surface area contributed by atoms with Crippen LogP contribution >= 0.6 is 0 Å². The maximum absolute atomic E-state index is 11.9. The SMILES string of the molecule is CN=C(NCCC(=O)NC1CCCC1)NCCN1CCOCC1. The fourth-order valence-electron chi connectivity index (χ4n) is 3.04. The van der Waals surface area contributed by atoms with Gasteiger partial charge in [-0.3, -0.25) is 14.7 Å². The molecule has 1 heterocycles. The third kappa shape index (κ3) is 7.18. The number of guanidine groups is 1. The van der Waals surface area contributed by atoms with Crippen molar-refractivity contribution in [1.29, 1.82) is 0 Å². The quantitative estimate of drug-likeness (QED) is 0.451. The van der Waals surface area contributed by atoms with E-state index in [1.54, 1.807) is 7.05 Å². The molecule has 1 saturated carbocycles. The topological polar surface area (TPSA) is 78.0 Å². The van der Waals surface area contributed by atoms with Gasteiger partial charge in [-0.1, -0.05) is 12.8 Å². The molecule has 1 aliphatic carbocycles. The fourth-order valence-corrected chi connectivity index (χ4v) is 3.04. The Hall–Kier alpha value is -1.34. The number of rotatable bonds is 7. The monoisotopic (exact) mass is 325 g/mol. The molecule has 132 valence electrons. The van der Waals surface area contributed by atoms with Crippen LogP contribution in [0.1, 0.15) is 32.1 Å². The number of amides is 1. The predicted molar refractivity (Wildman–Crippen MR) is 91.6 cm³/mol. The van der Waals surface area contributed by atoms with E-state index in [9.17, 15) is 4.79 Å². The molecule has 23 heavy (non-hydrogen) atoms. The normalized spacial score (nSPS) is 20.5. The van der Waals surface area contributed by atoms with Crippen molar-refractivity contribution in [3.05, 3.63) is 0 Å². The lowest BCUT2D eigenvalue weighted by Crippen LogP contribution is -2.45. The highest BCUT2D eigenvalue weighted by atomic mass is 16.5. The van der Waals surface area contributed by atoms with E-state index in [4.69, 9.17) is 4.74 Å². The molecule has 1 aliphatic heterocycles. The molecule has 2 rings (SSSR count). The van der Waals surface area contributed by atoms with Crippen molar-refractivity contribution in [3.8, 4) is 0 Å². The Balaban J connectivity index is 1.52. The highest BCUT2D eigenvalue weighted by Gasteiger charge is 2.16. The van der Waals surface area contributed by atoms with Gasteiger partial charge in [0.2, 0.25) is 5.91 Å². The Bertz CT molecular complexity index is 377. The molecule has 3 N–H and O–H groups in total. The smallest absolute Gasteiger partial charge is 0.221 e. The molecule has 0 aromatic carbocycles. The van der Waals surface area contributed by atoms with Crippen molar-refractivity contribution in [2.45, 2.75) is 38.1 Å². The molecule has 0 bridgehead atoms. The summed E-state index contributed by atoms with van der Waals surface area (Å²) in [4.78, 5) is 18.4. The van der Waals surface area contributed by atoms with Crippen molar-refractivity contribution < 1.29 is 9.53 Å². The van der Waals surface area contributed by atoms with Crippen molar-refractivity contribution in [3.63, 3.8) is 0 Å². The zero-order valence-electron chi connectivity index (χ0n) is 14.3. The van der Waals surface area contributed by atoms with Gasteiger partial charge in [0.25, 0.3) is 0 Å². The summed E-state index contributed by atoms with van der Waals surface area (Å²) in [6.45, 7) is 6.06. The Morgan fingerprint density at radius 3 is 2.57 bits per heavy atom. The molecule has 0 aromatic rings. The van der Waals surface area contributed by atoms with Gasteiger partial charge in [-0.05, 0) is 12.8 Å². The Labute approximate surface area is 139 Å². The fraction of sp³-hybridized carbons (Fsp3) is 0.875.